The van der Waals surface area contributed by atoms with Crippen molar-refractivity contribution in [2.24, 2.45) is 5.92 Å². The van der Waals surface area contributed by atoms with Crippen molar-refractivity contribution in [1.29, 1.82) is 0 Å². The van der Waals surface area contributed by atoms with Crippen LogP contribution in [0.3, 0.4) is 0 Å². The number of rotatable bonds is 4. The third-order valence-electron chi connectivity index (χ3n) is 3.57. The van der Waals surface area contributed by atoms with Crippen LogP contribution in [0.5, 0.6) is 0 Å². The molecule has 0 spiro atoms. The van der Waals surface area contributed by atoms with Gasteiger partial charge in [0, 0.05) is 32.1 Å². The molecule has 0 unspecified atom stereocenters. The summed E-state index contributed by atoms with van der Waals surface area (Å²) in [5.41, 5.74) is 0. The summed E-state index contributed by atoms with van der Waals surface area (Å²) in [5, 5.41) is 0. The van der Waals surface area contributed by atoms with E-state index in [1.165, 1.54) is 0 Å². The van der Waals surface area contributed by atoms with E-state index in [-0.39, 0.29) is 17.7 Å². The molecule has 1 aliphatic carbocycles. The van der Waals surface area contributed by atoms with Gasteiger partial charge in [0.25, 0.3) is 0 Å². The van der Waals surface area contributed by atoms with Crippen molar-refractivity contribution in [2.75, 3.05) is 19.6 Å². The molecule has 0 aromatic heterocycles. The molecular weight excluding hydrogens is 204 g/mol. The number of carbonyl (C=O) groups excluding carboxylic acids is 2. The highest BCUT2D eigenvalue weighted by atomic mass is 16.2. The lowest BCUT2D eigenvalue weighted by Gasteiger charge is -2.22. The molecule has 1 saturated carbocycles. The lowest BCUT2D eigenvalue weighted by Crippen LogP contribution is -2.37. The maximum Gasteiger partial charge on any atom is 0.227 e. The van der Waals surface area contributed by atoms with Gasteiger partial charge >= 0.3 is 0 Å². The van der Waals surface area contributed by atoms with Crippen LogP contribution in [0.1, 0.15) is 33.1 Å². The lowest BCUT2D eigenvalue weighted by molar-refractivity contribution is -0.135. The number of hydrogen-bond acceptors (Lipinski definition) is 2. The Morgan fingerprint density at radius 1 is 1.38 bits per heavy atom. The molecule has 0 N–H and O–H groups in total. The van der Waals surface area contributed by atoms with Crippen molar-refractivity contribution in [3.8, 4) is 0 Å². The summed E-state index contributed by atoms with van der Waals surface area (Å²) in [7, 11) is 0. The van der Waals surface area contributed by atoms with Gasteiger partial charge in [-0.1, -0.05) is 0 Å². The van der Waals surface area contributed by atoms with Crippen LogP contribution in [0.15, 0.2) is 0 Å². The Kier molecular flexibility index (Phi) is 3.17. The summed E-state index contributed by atoms with van der Waals surface area (Å²) in [6.45, 7) is 6.10. The second-order valence-electron chi connectivity index (χ2n) is 4.69. The van der Waals surface area contributed by atoms with Crippen molar-refractivity contribution in [3.63, 3.8) is 0 Å². The SMILES string of the molecule is CCN(CC)C(=O)[C@@H]1CC(=O)N(C2CC2)C1. The predicted molar refractivity (Wildman–Crippen MR) is 60.8 cm³/mol. The fourth-order valence-corrected chi connectivity index (χ4v) is 2.43. The van der Waals surface area contributed by atoms with Crippen molar-refractivity contribution >= 4 is 11.8 Å². The second-order valence-corrected chi connectivity index (χ2v) is 4.69. The van der Waals surface area contributed by atoms with Gasteiger partial charge in [-0.05, 0) is 26.7 Å². The third kappa shape index (κ3) is 2.06. The van der Waals surface area contributed by atoms with Crippen LogP contribution in [0, 0.1) is 5.92 Å². The second kappa shape index (κ2) is 4.44. The van der Waals surface area contributed by atoms with Gasteiger partial charge in [0.1, 0.15) is 0 Å². The predicted octanol–water partition coefficient (Wildman–Crippen LogP) is 0.866. The van der Waals surface area contributed by atoms with E-state index in [1.54, 1.807) is 0 Å². The maximum absolute atomic E-state index is 12.1. The van der Waals surface area contributed by atoms with Gasteiger partial charge in [-0.2, -0.15) is 0 Å². The first-order valence-corrected chi connectivity index (χ1v) is 6.25. The minimum absolute atomic E-state index is 0.0898. The van der Waals surface area contributed by atoms with E-state index < -0.39 is 0 Å². The first kappa shape index (κ1) is 11.4. The molecule has 1 aliphatic heterocycles. The Morgan fingerprint density at radius 3 is 2.50 bits per heavy atom. The Balaban J connectivity index is 1.96. The zero-order valence-corrected chi connectivity index (χ0v) is 10.1. The van der Waals surface area contributed by atoms with Crippen LogP contribution >= 0.6 is 0 Å². The largest absolute Gasteiger partial charge is 0.343 e. The highest BCUT2D eigenvalue weighted by Gasteiger charge is 2.42. The van der Waals surface area contributed by atoms with Gasteiger partial charge in [0.2, 0.25) is 11.8 Å². The van der Waals surface area contributed by atoms with Gasteiger partial charge in [-0.3, -0.25) is 9.59 Å². The Morgan fingerprint density at radius 2 is 2.00 bits per heavy atom. The molecule has 90 valence electrons. The standard InChI is InChI=1S/C12H20N2O2/c1-3-13(4-2)12(16)9-7-11(15)14(8-9)10-5-6-10/h9-10H,3-8H2,1-2H3/t9-/m1/s1. The number of hydrogen-bond donors (Lipinski definition) is 0. The van der Waals surface area contributed by atoms with Gasteiger partial charge in [-0.15, -0.1) is 0 Å². The fourth-order valence-electron chi connectivity index (χ4n) is 2.43. The molecular formula is C12H20N2O2. The minimum atomic E-state index is -0.0898. The summed E-state index contributed by atoms with van der Waals surface area (Å²) in [6.07, 6.45) is 2.67. The highest BCUT2D eigenvalue weighted by molar-refractivity contribution is 5.89. The van der Waals surface area contributed by atoms with E-state index in [0.29, 0.717) is 19.0 Å². The monoisotopic (exact) mass is 224 g/mol. The van der Waals surface area contributed by atoms with Crippen LogP contribution < -0.4 is 0 Å². The third-order valence-corrected chi connectivity index (χ3v) is 3.57. The number of amides is 2. The summed E-state index contributed by atoms with van der Waals surface area (Å²) in [4.78, 5) is 27.6. The molecule has 2 fully saturated rings. The van der Waals surface area contributed by atoms with Crippen molar-refractivity contribution in [1.82, 2.24) is 9.80 Å². The van der Waals surface area contributed by atoms with E-state index in [4.69, 9.17) is 0 Å². The van der Waals surface area contributed by atoms with E-state index in [0.717, 1.165) is 25.9 Å². The molecule has 16 heavy (non-hydrogen) atoms. The normalized spacial score (nSPS) is 25.0. The van der Waals surface area contributed by atoms with E-state index in [1.807, 2.05) is 23.6 Å². The average Bonchev–Trinajstić information content (AvgIpc) is 3.04. The summed E-state index contributed by atoms with van der Waals surface area (Å²) in [6, 6.07) is 0.446. The molecule has 0 aromatic carbocycles. The molecule has 0 aromatic rings. The number of carbonyl (C=O) groups is 2. The van der Waals surface area contributed by atoms with E-state index in [9.17, 15) is 9.59 Å². The Labute approximate surface area is 96.6 Å². The molecule has 4 nitrogen and oxygen atoms in total. The first-order valence-electron chi connectivity index (χ1n) is 6.25. The molecule has 1 atom stereocenters. The molecule has 4 heteroatoms. The molecule has 1 heterocycles. The number of nitrogens with zero attached hydrogens (tertiary/aromatic N) is 2. The lowest BCUT2D eigenvalue weighted by atomic mass is 10.1. The van der Waals surface area contributed by atoms with E-state index in [2.05, 4.69) is 0 Å². The van der Waals surface area contributed by atoms with Crippen LogP contribution in [0.2, 0.25) is 0 Å². The smallest absolute Gasteiger partial charge is 0.227 e. The summed E-state index contributed by atoms with van der Waals surface area (Å²) < 4.78 is 0. The van der Waals surface area contributed by atoms with Crippen molar-refractivity contribution in [3.05, 3.63) is 0 Å². The van der Waals surface area contributed by atoms with Crippen LogP contribution in [-0.2, 0) is 9.59 Å². The van der Waals surface area contributed by atoms with Gasteiger partial charge in [0.05, 0.1) is 5.92 Å². The van der Waals surface area contributed by atoms with Crippen LogP contribution in [-0.4, -0.2) is 47.3 Å². The zero-order chi connectivity index (χ0) is 11.7. The molecule has 2 aliphatic rings. The maximum atomic E-state index is 12.1. The van der Waals surface area contributed by atoms with Gasteiger partial charge < -0.3 is 9.80 Å². The van der Waals surface area contributed by atoms with E-state index >= 15 is 0 Å². The molecule has 0 bridgehead atoms. The van der Waals surface area contributed by atoms with Crippen molar-refractivity contribution < 1.29 is 9.59 Å². The molecule has 0 radical (unpaired) electrons. The highest BCUT2D eigenvalue weighted by Crippen LogP contribution is 2.33. The van der Waals surface area contributed by atoms with Crippen LogP contribution in [0.25, 0.3) is 0 Å². The van der Waals surface area contributed by atoms with Crippen molar-refractivity contribution in [2.45, 2.75) is 39.2 Å². The van der Waals surface area contributed by atoms with Gasteiger partial charge in [0.15, 0.2) is 0 Å². The average molecular weight is 224 g/mol. The topological polar surface area (TPSA) is 40.6 Å². The summed E-state index contributed by atoms with van der Waals surface area (Å²) in [5.74, 6) is 0.238. The summed E-state index contributed by atoms with van der Waals surface area (Å²) >= 11 is 0. The quantitative estimate of drug-likeness (QED) is 0.711. The van der Waals surface area contributed by atoms with Crippen LogP contribution in [0.4, 0.5) is 0 Å². The molecule has 2 rings (SSSR count). The van der Waals surface area contributed by atoms with Gasteiger partial charge in [-0.25, -0.2) is 0 Å². The molecule has 1 saturated heterocycles. The first-order chi connectivity index (χ1) is 7.67. The Hall–Kier alpha value is -1.06. The minimum Gasteiger partial charge on any atom is -0.343 e. The number of likely N-dealkylation sites (tertiary alicyclic amines) is 1. The fraction of sp³-hybridized carbons (Fsp3) is 0.833. The zero-order valence-electron chi connectivity index (χ0n) is 10.1. The molecule has 2 amide bonds. The Bertz CT molecular complexity index is 295.